The average molecular weight is 661 g/mol. The molecule has 45 heavy (non-hydrogen) atoms. The average Bonchev–Trinajstić information content (AvgIpc) is 3.26. The Morgan fingerprint density at radius 1 is 1.11 bits per heavy atom. The van der Waals surface area contributed by atoms with Gasteiger partial charge in [-0.05, 0) is 66.8 Å². The molecule has 1 saturated heterocycles. The predicted octanol–water partition coefficient (Wildman–Crippen LogP) is 6.27. The van der Waals surface area contributed by atoms with E-state index in [0.29, 0.717) is 18.8 Å². The molecule has 0 spiro atoms. The second-order valence-electron chi connectivity index (χ2n) is 13.4. The summed E-state index contributed by atoms with van der Waals surface area (Å²) in [5, 5.41) is 13.0. The van der Waals surface area contributed by atoms with Crippen LogP contribution in [0.4, 0.5) is 5.95 Å². The topological polar surface area (TPSA) is 140 Å². The summed E-state index contributed by atoms with van der Waals surface area (Å²) in [5.41, 5.74) is 3.23. The van der Waals surface area contributed by atoms with E-state index >= 15 is 0 Å². The second-order valence-corrected chi connectivity index (χ2v) is 15.1. The van der Waals surface area contributed by atoms with Crippen molar-refractivity contribution in [2.24, 2.45) is 10.8 Å². The Balaban J connectivity index is 0.00000552. The molecule has 1 aromatic heterocycles. The summed E-state index contributed by atoms with van der Waals surface area (Å²) < 4.78 is 41.3. The molecule has 4 rings (SSSR count). The molecule has 0 amide bonds. The predicted molar refractivity (Wildman–Crippen MR) is 178 cm³/mol. The van der Waals surface area contributed by atoms with Crippen LogP contribution in [-0.4, -0.2) is 61.4 Å². The van der Waals surface area contributed by atoms with Gasteiger partial charge in [-0.1, -0.05) is 58.9 Å². The van der Waals surface area contributed by atoms with Crippen LogP contribution in [0.1, 0.15) is 68.9 Å². The summed E-state index contributed by atoms with van der Waals surface area (Å²) in [6.45, 7) is 16.6. The minimum atomic E-state index is -4.21. The molecule has 1 fully saturated rings. The van der Waals surface area contributed by atoms with Crippen molar-refractivity contribution in [3.63, 3.8) is 0 Å². The van der Waals surface area contributed by atoms with E-state index in [9.17, 15) is 18.3 Å². The number of aromatic carboxylic acids is 1. The summed E-state index contributed by atoms with van der Waals surface area (Å²) in [6.07, 6.45) is 1.94. The molecule has 2 aromatic carbocycles. The number of benzene rings is 2. The lowest BCUT2D eigenvalue weighted by Crippen LogP contribution is -2.44. The molecule has 1 aliphatic heterocycles. The normalized spacial score (nSPS) is 16.9. The van der Waals surface area contributed by atoms with E-state index in [0.717, 1.165) is 42.2 Å². The van der Waals surface area contributed by atoms with Gasteiger partial charge in [-0.2, -0.15) is 4.98 Å². The zero-order valence-electron chi connectivity index (χ0n) is 27.0. The maximum Gasteiger partial charge on any atom is 0.335 e. The lowest BCUT2D eigenvalue weighted by atomic mass is 9.85. The fourth-order valence-corrected chi connectivity index (χ4v) is 6.43. The lowest BCUT2D eigenvalue weighted by Gasteiger charge is -2.31. The molecule has 10 nitrogen and oxygen atoms in total. The second kappa shape index (κ2) is 14.5. The first kappa shape index (κ1) is 36.2. The highest BCUT2D eigenvalue weighted by Gasteiger charge is 2.36. The van der Waals surface area contributed by atoms with Gasteiger partial charge < -0.3 is 19.9 Å². The summed E-state index contributed by atoms with van der Waals surface area (Å²) in [4.78, 5) is 20.2. The summed E-state index contributed by atoms with van der Waals surface area (Å²) in [7, 11) is -4.21. The maximum absolute atomic E-state index is 13.3. The van der Waals surface area contributed by atoms with Crippen LogP contribution in [0.3, 0.4) is 0 Å². The summed E-state index contributed by atoms with van der Waals surface area (Å²) in [5.74, 6) is -1.19. The molecule has 3 aromatic rings. The number of hydrogen-bond donors (Lipinski definition) is 3. The third kappa shape index (κ3) is 9.62. The number of anilines is 1. The van der Waals surface area contributed by atoms with E-state index in [-0.39, 0.29) is 57.7 Å². The van der Waals surface area contributed by atoms with Gasteiger partial charge in [0.15, 0.2) is 0 Å². The van der Waals surface area contributed by atoms with E-state index in [2.05, 4.69) is 54.6 Å². The Morgan fingerprint density at radius 3 is 2.38 bits per heavy atom. The van der Waals surface area contributed by atoms with Gasteiger partial charge in [-0.25, -0.2) is 22.9 Å². The van der Waals surface area contributed by atoms with Gasteiger partial charge in [0.1, 0.15) is 6.61 Å². The monoisotopic (exact) mass is 660 g/mol. The number of nitrogens with one attached hydrogen (secondary N) is 2. The highest BCUT2D eigenvalue weighted by Crippen LogP contribution is 2.34. The van der Waals surface area contributed by atoms with Crippen molar-refractivity contribution in [2.75, 3.05) is 24.5 Å². The SMILES string of the molecule is Cc1cccc(C)c1-c1cc(OC[C@@H](CC(C)(C)C)NCC2OCCC2(C)C)nc(NS(=O)(=O)c2cccc(C(=O)O)c2)n1.Cl. The van der Waals surface area contributed by atoms with Crippen molar-refractivity contribution in [1.82, 2.24) is 15.3 Å². The van der Waals surface area contributed by atoms with Gasteiger partial charge in [0.05, 0.1) is 22.3 Å². The number of hydrogen-bond acceptors (Lipinski definition) is 8. The van der Waals surface area contributed by atoms with Crippen LogP contribution in [0, 0.1) is 24.7 Å². The number of carboxylic acid groups (broad SMARTS) is 1. The van der Waals surface area contributed by atoms with Crippen LogP contribution in [0.25, 0.3) is 11.3 Å². The van der Waals surface area contributed by atoms with Crippen molar-refractivity contribution in [3.8, 4) is 17.1 Å². The zero-order chi connectivity index (χ0) is 32.3. The molecular formula is C33H45ClN4O6S. The summed E-state index contributed by atoms with van der Waals surface area (Å²) in [6, 6.07) is 12.7. The molecule has 1 unspecified atom stereocenters. The first-order chi connectivity index (χ1) is 20.5. The van der Waals surface area contributed by atoms with Crippen molar-refractivity contribution in [2.45, 2.75) is 78.3 Å². The molecule has 2 heterocycles. The zero-order valence-corrected chi connectivity index (χ0v) is 28.6. The van der Waals surface area contributed by atoms with Crippen molar-refractivity contribution in [3.05, 3.63) is 65.2 Å². The van der Waals surface area contributed by atoms with Gasteiger partial charge in [0.25, 0.3) is 10.0 Å². The molecule has 1 aliphatic rings. The number of aryl methyl sites for hydroxylation is 2. The van der Waals surface area contributed by atoms with E-state index in [1.165, 1.54) is 18.2 Å². The van der Waals surface area contributed by atoms with Crippen LogP contribution < -0.4 is 14.8 Å². The molecule has 2 atom stereocenters. The minimum Gasteiger partial charge on any atom is -0.478 e. The van der Waals surface area contributed by atoms with Gasteiger partial charge >= 0.3 is 5.97 Å². The van der Waals surface area contributed by atoms with Crippen LogP contribution in [-0.2, 0) is 14.8 Å². The number of sulfonamides is 1. The molecule has 0 saturated carbocycles. The van der Waals surface area contributed by atoms with Crippen LogP contribution in [0.2, 0.25) is 0 Å². The third-order valence-electron chi connectivity index (χ3n) is 7.88. The van der Waals surface area contributed by atoms with Gasteiger partial charge in [-0.15, -0.1) is 12.4 Å². The number of nitrogens with zero attached hydrogens (tertiary/aromatic N) is 2. The molecular weight excluding hydrogens is 616 g/mol. The Bertz CT molecular complexity index is 1590. The highest BCUT2D eigenvalue weighted by atomic mass is 35.5. The van der Waals surface area contributed by atoms with Gasteiger partial charge in [-0.3, -0.25) is 0 Å². The first-order valence-corrected chi connectivity index (χ1v) is 16.3. The number of ether oxygens (including phenoxy) is 2. The molecule has 246 valence electrons. The van der Waals surface area contributed by atoms with Gasteiger partial charge in [0.2, 0.25) is 11.8 Å². The van der Waals surface area contributed by atoms with Crippen molar-refractivity contribution in [1.29, 1.82) is 0 Å². The Labute approximate surface area is 272 Å². The fourth-order valence-electron chi connectivity index (χ4n) is 5.44. The molecule has 3 N–H and O–H groups in total. The Morgan fingerprint density at radius 2 is 1.78 bits per heavy atom. The number of halogens is 1. The fraction of sp³-hybridized carbons (Fsp3) is 0.485. The number of carbonyl (C=O) groups is 1. The van der Waals surface area contributed by atoms with Crippen molar-refractivity contribution < 1.29 is 27.8 Å². The first-order valence-electron chi connectivity index (χ1n) is 14.8. The number of rotatable bonds is 12. The van der Waals surface area contributed by atoms with E-state index < -0.39 is 16.0 Å². The number of aromatic nitrogens is 2. The highest BCUT2D eigenvalue weighted by molar-refractivity contribution is 7.92. The van der Waals surface area contributed by atoms with Crippen molar-refractivity contribution >= 4 is 34.3 Å². The number of carboxylic acids is 1. The largest absolute Gasteiger partial charge is 0.478 e. The van der Waals surface area contributed by atoms with Crippen LogP contribution in [0.5, 0.6) is 5.88 Å². The van der Waals surface area contributed by atoms with E-state index in [1.807, 2.05) is 32.0 Å². The van der Waals surface area contributed by atoms with E-state index in [1.54, 1.807) is 6.07 Å². The third-order valence-corrected chi connectivity index (χ3v) is 9.20. The minimum absolute atomic E-state index is 0. The molecule has 0 aliphatic carbocycles. The Kier molecular flexibility index (Phi) is 11.6. The van der Waals surface area contributed by atoms with Gasteiger partial charge in [0, 0.05) is 30.8 Å². The van der Waals surface area contributed by atoms with Crippen LogP contribution in [0.15, 0.2) is 53.4 Å². The molecule has 12 heteroatoms. The molecule has 0 bridgehead atoms. The molecule has 0 radical (unpaired) electrons. The lowest BCUT2D eigenvalue weighted by molar-refractivity contribution is 0.0575. The maximum atomic E-state index is 13.3. The summed E-state index contributed by atoms with van der Waals surface area (Å²) >= 11 is 0. The van der Waals surface area contributed by atoms with Crippen LogP contribution >= 0.6 is 12.4 Å². The Hall–Kier alpha value is -3.25. The smallest absolute Gasteiger partial charge is 0.335 e. The standard InChI is InChI=1S/C33H44N4O6S.ClH/c1-21-10-8-11-22(2)29(21)26-17-28(36-31(35-26)37-44(40,41)25-13-9-12-23(16-25)30(38)39)43-20-24(18-32(3,4)5)34-19-27-33(6,7)14-15-42-27;/h8-13,16-17,24,27,34H,14-15,18-20H2,1-7H3,(H,38,39)(H,35,36,37);1H/t24-,27?;/m1./s1. The quantitative estimate of drug-likeness (QED) is 0.205. The van der Waals surface area contributed by atoms with E-state index in [4.69, 9.17) is 9.47 Å².